The van der Waals surface area contributed by atoms with Crippen LogP contribution in [0.3, 0.4) is 0 Å². The average Bonchev–Trinajstić information content (AvgIpc) is 2.94. The Kier molecular flexibility index (Phi) is 5.29. The molecule has 2 amide bonds. The number of amides is 2. The van der Waals surface area contributed by atoms with E-state index in [4.69, 9.17) is 0 Å². The lowest BCUT2D eigenvalue weighted by Crippen LogP contribution is -2.33. The first-order chi connectivity index (χ1) is 12.8. The molecular formula is C19H21N3O4S. The molecule has 3 rings (SSSR count). The van der Waals surface area contributed by atoms with Crippen LogP contribution in [-0.4, -0.2) is 33.8 Å². The molecule has 2 aromatic carbocycles. The van der Waals surface area contributed by atoms with E-state index in [1.165, 1.54) is 17.0 Å². The summed E-state index contributed by atoms with van der Waals surface area (Å²) in [7, 11) is -2.21. The average molecular weight is 387 g/mol. The largest absolute Gasteiger partial charge is 0.325 e. The lowest BCUT2D eigenvalue weighted by atomic mass is 10.1. The van der Waals surface area contributed by atoms with Crippen LogP contribution in [0.5, 0.6) is 0 Å². The summed E-state index contributed by atoms with van der Waals surface area (Å²) in [5.41, 5.74) is 3.00. The van der Waals surface area contributed by atoms with Crippen molar-refractivity contribution in [2.75, 3.05) is 23.8 Å². The van der Waals surface area contributed by atoms with Crippen molar-refractivity contribution in [3.8, 4) is 0 Å². The fraction of sp³-hybridized carbons (Fsp3) is 0.263. The van der Waals surface area contributed by atoms with Crippen molar-refractivity contribution in [1.29, 1.82) is 0 Å². The molecule has 0 bridgehead atoms. The maximum absolute atomic E-state index is 12.5. The molecule has 27 heavy (non-hydrogen) atoms. The van der Waals surface area contributed by atoms with Gasteiger partial charge in [0.25, 0.3) is 0 Å². The molecule has 0 saturated heterocycles. The second-order valence-corrected chi connectivity index (χ2v) is 8.07. The molecule has 0 aliphatic carbocycles. The molecule has 8 heteroatoms. The third-order valence-electron chi connectivity index (χ3n) is 4.53. The van der Waals surface area contributed by atoms with E-state index in [2.05, 4.69) is 10.0 Å². The predicted molar refractivity (Wildman–Crippen MR) is 103 cm³/mol. The molecular weight excluding hydrogens is 366 g/mol. The Labute approximate surface area is 158 Å². The highest BCUT2D eigenvalue weighted by Gasteiger charge is 2.26. The van der Waals surface area contributed by atoms with Crippen molar-refractivity contribution in [2.24, 2.45) is 0 Å². The Morgan fingerprint density at radius 1 is 1.19 bits per heavy atom. The highest BCUT2D eigenvalue weighted by Crippen LogP contribution is 2.29. The van der Waals surface area contributed by atoms with Gasteiger partial charge in [-0.25, -0.2) is 13.1 Å². The van der Waals surface area contributed by atoms with Crippen LogP contribution in [0.4, 0.5) is 11.4 Å². The van der Waals surface area contributed by atoms with E-state index in [9.17, 15) is 18.0 Å². The highest BCUT2D eigenvalue weighted by molar-refractivity contribution is 7.89. The molecule has 1 aliphatic rings. The van der Waals surface area contributed by atoms with Gasteiger partial charge in [0.1, 0.15) is 0 Å². The number of benzene rings is 2. The number of hydrogen-bond donors (Lipinski definition) is 2. The minimum Gasteiger partial charge on any atom is -0.325 e. The van der Waals surface area contributed by atoms with Crippen molar-refractivity contribution in [3.63, 3.8) is 0 Å². The van der Waals surface area contributed by atoms with Crippen molar-refractivity contribution >= 4 is 33.2 Å². The molecule has 0 spiro atoms. The quantitative estimate of drug-likeness (QED) is 0.788. The monoisotopic (exact) mass is 387 g/mol. The summed E-state index contributed by atoms with van der Waals surface area (Å²) in [5, 5.41) is 2.72. The predicted octanol–water partition coefficient (Wildman–Crippen LogP) is 1.68. The third-order valence-corrected chi connectivity index (χ3v) is 5.93. The summed E-state index contributed by atoms with van der Waals surface area (Å²) in [6, 6.07) is 11.9. The van der Waals surface area contributed by atoms with Crippen LogP contribution in [0, 0.1) is 0 Å². The smallest absolute Gasteiger partial charge is 0.241 e. The SMILES string of the molecule is CCc1ccccc1NC(=O)CNS(=O)(=O)c1ccc2c(c1)CC(=O)N2C. The number of likely N-dealkylation sites (N-methyl/N-ethyl adjacent to an activating group) is 1. The number of nitrogens with one attached hydrogen (secondary N) is 2. The number of carbonyl (C=O) groups is 2. The van der Waals surface area contributed by atoms with Gasteiger partial charge in [0.2, 0.25) is 21.8 Å². The Balaban J connectivity index is 1.68. The van der Waals surface area contributed by atoms with E-state index in [1.54, 1.807) is 19.2 Å². The summed E-state index contributed by atoms with van der Waals surface area (Å²) in [4.78, 5) is 25.4. The second kappa shape index (κ2) is 7.50. The highest BCUT2D eigenvalue weighted by atomic mass is 32.2. The number of sulfonamides is 1. The van der Waals surface area contributed by atoms with Gasteiger partial charge in [-0.2, -0.15) is 0 Å². The minimum absolute atomic E-state index is 0.0334. The van der Waals surface area contributed by atoms with Gasteiger partial charge in [-0.1, -0.05) is 25.1 Å². The minimum atomic E-state index is -3.86. The Morgan fingerprint density at radius 2 is 1.93 bits per heavy atom. The zero-order valence-corrected chi connectivity index (χ0v) is 16.0. The lowest BCUT2D eigenvalue weighted by Gasteiger charge is -2.12. The van der Waals surface area contributed by atoms with E-state index < -0.39 is 15.9 Å². The van der Waals surface area contributed by atoms with Crippen LogP contribution in [0.15, 0.2) is 47.4 Å². The number of carbonyl (C=O) groups excluding carboxylic acids is 2. The first kappa shape index (κ1) is 19.1. The van der Waals surface area contributed by atoms with Crippen molar-refractivity contribution in [2.45, 2.75) is 24.7 Å². The number of hydrogen-bond acceptors (Lipinski definition) is 4. The van der Waals surface area contributed by atoms with Crippen molar-refractivity contribution < 1.29 is 18.0 Å². The van der Waals surface area contributed by atoms with Crippen LogP contribution in [0.2, 0.25) is 0 Å². The fourth-order valence-electron chi connectivity index (χ4n) is 3.00. The van der Waals surface area contributed by atoms with E-state index in [1.807, 2.05) is 25.1 Å². The summed E-state index contributed by atoms with van der Waals surface area (Å²) in [6.45, 7) is 1.60. The maximum Gasteiger partial charge on any atom is 0.241 e. The lowest BCUT2D eigenvalue weighted by molar-refractivity contribution is -0.117. The molecule has 1 heterocycles. The Bertz CT molecular complexity index is 1000. The molecule has 142 valence electrons. The molecule has 2 N–H and O–H groups in total. The summed E-state index contributed by atoms with van der Waals surface area (Å²) < 4.78 is 27.3. The first-order valence-corrected chi connectivity index (χ1v) is 10.1. The van der Waals surface area contributed by atoms with Gasteiger partial charge in [-0.15, -0.1) is 0 Å². The molecule has 0 saturated carbocycles. The van der Waals surface area contributed by atoms with Gasteiger partial charge in [-0.05, 0) is 41.8 Å². The van der Waals surface area contributed by atoms with Gasteiger partial charge in [0.15, 0.2) is 0 Å². The van der Waals surface area contributed by atoms with Crippen LogP contribution < -0.4 is 14.9 Å². The molecule has 7 nitrogen and oxygen atoms in total. The van der Waals surface area contributed by atoms with E-state index in [0.29, 0.717) is 16.9 Å². The molecule has 0 atom stereocenters. The Morgan fingerprint density at radius 3 is 2.67 bits per heavy atom. The summed E-state index contributed by atoms with van der Waals surface area (Å²) in [6.07, 6.45) is 0.925. The van der Waals surface area contributed by atoms with Gasteiger partial charge in [-0.3, -0.25) is 9.59 Å². The molecule has 2 aromatic rings. The second-order valence-electron chi connectivity index (χ2n) is 6.30. The van der Waals surface area contributed by atoms with Gasteiger partial charge < -0.3 is 10.2 Å². The molecule has 0 radical (unpaired) electrons. The van der Waals surface area contributed by atoms with Crippen molar-refractivity contribution in [3.05, 3.63) is 53.6 Å². The molecule has 0 aromatic heterocycles. The van der Waals surface area contributed by atoms with Crippen LogP contribution in [-0.2, 0) is 32.5 Å². The topological polar surface area (TPSA) is 95.6 Å². The van der Waals surface area contributed by atoms with Gasteiger partial charge in [0.05, 0.1) is 17.9 Å². The summed E-state index contributed by atoms with van der Waals surface area (Å²) >= 11 is 0. The molecule has 1 aliphatic heterocycles. The number of aryl methyl sites for hydroxylation is 1. The van der Waals surface area contributed by atoms with Gasteiger partial charge in [0, 0.05) is 18.4 Å². The third kappa shape index (κ3) is 4.01. The Hall–Kier alpha value is -2.71. The summed E-state index contributed by atoms with van der Waals surface area (Å²) in [5.74, 6) is -0.531. The molecule has 0 unspecified atom stereocenters. The number of rotatable bonds is 6. The number of para-hydroxylation sites is 1. The number of nitrogens with zero attached hydrogens (tertiary/aromatic N) is 1. The number of fused-ring (bicyclic) bond motifs is 1. The maximum atomic E-state index is 12.5. The number of anilines is 2. The van der Waals surface area contributed by atoms with Crippen LogP contribution >= 0.6 is 0 Å². The zero-order valence-electron chi connectivity index (χ0n) is 15.2. The van der Waals surface area contributed by atoms with Crippen LogP contribution in [0.25, 0.3) is 0 Å². The first-order valence-electron chi connectivity index (χ1n) is 8.58. The normalized spacial score (nSPS) is 13.6. The van der Waals surface area contributed by atoms with E-state index in [0.717, 1.165) is 12.0 Å². The van der Waals surface area contributed by atoms with E-state index in [-0.39, 0.29) is 23.8 Å². The van der Waals surface area contributed by atoms with Crippen LogP contribution in [0.1, 0.15) is 18.1 Å². The van der Waals surface area contributed by atoms with Crippen molar-refractivity contribution in [1.82, 2.24) is 4.72 Å². The standard InChI is InChI=1S/C19H21N3O4S/c1-3-13-6-4-5-7-16(13)21-18(23)12-20-27(25,26)15-8-9-17-14(10-15)11-19(24)22(17)2/h4-10,20H,3,11-12H2,1-2H3,(H,21,23). The van der Waals surface area contributed by atoms with Gasteiger partial charge >= 0.3 is 0 Å². The van der Waals surface area contributed by atoms with E-state index >= 15 is 0 Å². The molecule has 0 fully saturated rings. The zero-order chi connectivity index (χ0) is 19.6. The fourth-order valence-corrected chi connectivity index (χ4v) is 4.03.